The Bertz CT molecular complexity index is 1320. The van der Waals surface area contributed by atoms with Crippen LogP contribution in [-0.2, 0) is 32.4 Å². The minimum absolute atomic E-state index is 0.173. The van der Waals surface area contributed by atoms with E-state index in [4.69, 9.17) is 14.3 Å². The Labute approximate surface area is 193 Å². The van der Waals surface area contributed by atoms with E-state index in [1.165, 1.54) is 11.3 Å². The second-order valence-corrected chi connectivity index (χ2v) is 10.00. The molecule has 4 rings (SSSR count). The summed E-state index contributed by atoms with van der Waals surface area (Å²) >= 11 is 1.36. The predicted octanol–water partition coefficient (Wildman–Crippen LogP) is 2.89. The van der Waals surface area contributed by atoms with Crippen molar-refractivity contribution in [3.05, 3.63) is 69.8 Å². The fourth-order valence-electron chi connectivity index (χ4n) is 3.58. The molecule has 33 heavy (non-hydrogen) atoms. The molecule has 1 aliphatic rings. The van der Waals surface area contributed by atoms with E-state index in [0.29, 0.717) is 16.1 Å². The fraction of sp³-hybridized carbons (Fsp3) is 0.227. The van der Waals surface area contributed by atoms with Crippen molar-refractivity contribution >= 4 is 44.0 Å². The summed E-state index contributed by atoms with van der Waals surface area (Å²) in [5, 5.41) is 7.46. The highest BCUT2D eigenvalue weighted by atomic mass is 32.2. The Balaban J connectivity index is 1.49. The molecule has 9 nitrogen and oxygen atoms in total. The van der Waals surface area contributed by atoms with Crippen molar-refractivity contribution in [2.75, 3.05) is 11.9 Å². The van der Waals surface area contributed by atoms with Gasteiger partial charge in [-0.15, -0.1) is 11.3 Å². The number of carbonyl (C=O) groups is 3. The molecule has 0 radical (unpaired) electrons. The number of rotatable bonds is 7. The number of hydrogen-bond acceptors (Lipinski definition) is 8. The maximum Gasteiger partial charge on any atom is 0.374 e. The lowest BCUT2D eigenvalue weighted by molar-refractivity contribution is -0.119. The van der Waals surface area contributed by atoms with Crippen LogP contribution in [0.1, 0.15) is 49.8 Å². The summed E-state index contributed by atoms with van der Waals surface area (Å²) in [4.78, 5) is 38.9. The number of esters is 1. The van der Waals surface area contributed by atoms with Gasteiger partial charge in [0.25, 0.3) is 15.9 Å². The number of nitrogens with one attached hydrogen (secondary N) is 1. The number of carbonyl (C=O) groups excluding carboxylic acids is 3. The normalized spacial score (nSPS) is 13.2. The van der Waals surface area contributed by atoms with Gasteiger partial charge in [0, 0.05) is 10.4 Å². The number of furan rings is 1. The monoisotopic (exact) mass is 488 g/mol. The first kappa shape index (κ1) is 22.9. The van der Waals surface area contributed by atoms with Gasteiger partial charge in [0.2, 0.25) is 10.9 Å². The number of aryl methyl sites for hydroxylation is 1. The molecule has 2 heterocycles. The Hall–Kier alpha value is -3.28. The predicted molar refractivity (Wildman–Crippen MR) is 120 cm³/mol. The first-order valence-electron chi connectivity index (χ1n) is 10.1. The lowest BCUT2D eigenvalue weighted by Crippen LogP contribution is -2.21. The molecular weight excluding hydrogens is 468 g/mol. The highest BCUT2D eigenvalue weighted by molar-refractivity contribution is 7.89. The number of sulfonamides is 1. The topological polar surface area (TPSA) is 146 Å². The molecule has 2 aromatic heterocycles. The molecule has 0 fully saturated rings. The Morgan fingerprint density at radius 3 is 2.48 bits per heavy atom. The van der Waals surface area contributed by atoms with Crippen molar-refractivity contribution in [1.82, 2.24) is 0 Å². The van der Waals surface area contributed by atoms with E-state index >= 15 is 0 Å². The molecule has 0 bridgehead atoms. The van der Waals surface area contributed by atoms with Gasteiger partial charge in [0.1, 0.15) is 5.00 Å². The van der Waals surface area contributed by atoms with Crippen LogP contribution in [0.2, 0.25) is 0 Å². The van der Waals surface area contributed by atoms with E-state index in [1.807, 2.05) is 6.07 Å². The smallest absolute Gasteiger partial charge is 0.374 e. The molecule has 3 aromatic rings. The zero-order chi connectivity index (χ0) is 23.6. The summed E-state index contributed by atoms with van der Waals surface area (Å²) in [7, 11) is -4.11. The Morgan fingerprint density at radius 1 is 1.06 bits per heavy atom. The number of fused-ring (bicyclic) bond motifs is 1. The van der Waals surface area contributed by atoms with Crippen molar-refractivity contribution in [3.63, 3.8) is 0 Å². The van der Waals surface area contributed by atoms with Crippen LogP contribution in [0.3, 0.4) is 0 Å². The minimum Gasteiger partial charge on any atom is -0.450 e. The van der Waals surface area contributed by atoms with Crippen LogP contribution in [0.5, 0.6) is 0 Å². The number of ketones is 1. The number of anilines is 1. The van der Waals surface area contributed by atoms with Crippen LogP contribution in [0.15, 0.2) is 52.0 Å². The zero-order valence-electron chi connectivity index (χ0n) is 17.3. The third kappa shape index (κ3) is 5.05. The average Bonchev–Trinajstić information content (AvgIpc) is 3.43. The standard InChI is InChI=1S/C22H20N2O7S2/c23-33(28,29)18-11-10-15(31-18)22(27)30-12-17(25)24-21-19(14-8-4-5-9-16(14)32-21)20(26)13-6-2-1-3-7-13/h1-3,6-7,10-11H,4-5,8-9,12H2,(H,24,25)(H2,23,28,29). The van der Waals surface area contributed by atoms with Gasteiger partial charge in [-0.1, -0.05) is 30.3 Å². The van der Waals surface area contributed by atoms with Gasteiger partial charge in [-0.3, -0.25) is 9.59 Å². The largest absolute Gasteiger partial charge is 0.450 e. The third-order valence-corrected chi connectivity index (χ3v) is 7.07. The SMILES string of the molecule is NS(=O)(=O)c1ccc(C(=O)OCC(=O)Nc2sc3c(c2C(=O)c2ccccc2)CCCC3)o1. The zero-order valence-corrected chi connectivity index (χ0v) is 19.0. The number of thiophene rings is 1. The van der Waals surface area contributed by atoms with E-state index in [9.17, 15) is 22.8 Å². The summed E-state index contributed by atoms with van der Waals surface area (Å²) < 4.78 is 32.3. The summed E-state index contributed by atoms with van der Waals surface area (Å²) in [6, 6.07) is 10.9. The van der Waals surface area contributed by atoms with Gasteiger partial charge >= 0.3 is 5.97 Å². The van der Waals surface area contributed by atoms with Crippen LogP contribution in [-0.4, -0.2) is 32.7 Å². The second-order valence-electron chi connectivity index (χ2n) is 7.40. The van der Waals surface area contributed by atoms with Crippen molar-refractivity contribution < 1.29 is 32.0 Å². The van der Waals surface area contributed by atoms with E-state index in [-0.39, 0.29) is 5.78 Å². The van der Waals surface area contributed by atoms with Crippen molar-refractivity contribution in [3.8, 4) is 0 Å². The van der Waals surface area contributed by atoms with E-state index in [2.05, 4.69) is 5.32 Å². The minimum atomic E-state index is -4.11. The molecule has 0 saturated heterocycles. The van der Waals surface area contributed by atoms with Crippen LogP contribution in [0.25, 0.3) is 0 Å². The molecule has 1 aromatic carbocycles. The molecular formula is C22H20N2O7S2. The Kier molecular flexibility index (Phi) is 6.45. The van der Waals surface area contributed by atoms with Gasteiger partial charge in [-0.2, -0.15) is 0 Å². The van der Waals surface area contributed by atoms with Crippen molar-refractivity contribution in [1.29, 1.82) is 0 Å². The molecule has 3 N–H and O–H groups in total. The number of hydrogen-bond donors (Lipinski definition) is 2. The molecule has 0 unspecified atom stereocenters. The van der Waals surface area contributed by atoms with Gasteiger partial charge in [0.05, 0.1) is 5.56 Å². The molecule has 1 aliphatic carbocycles. The van der Waals surface area contributed by atoms with Gasteiger partial charge < -0.3 is 14.5 Å². The summed E-state index contributed by atoms with van der Waals surface area (Å²) in [5.74, 6) is -2.24. The molecule has 172 valence electrons. The maximum atomic E-state index is 13.2. The average molecular weight is 489 g/mol. The molecule has 0 spiro atoms. The van der Waals surface area contributed by atoms with E-state index < -0.39 is 39.4 Å². The van der Waals surface area contributed by atoms with Crippen LogP contribution >= 0.6 is 11.3 Å². The maximum absolute atomic E-state index is 13.2. The lowest BCUT2D eigenvalue weighted by Gasteiger charge is -2.12. The highest BCUT2D eigenvalue weighted by Gasteiger charge is 2.27. The fourth-order valence-corrected chi connectivity index (χ4v) is 5.34. The summed E-state index contributed by atoms with van der Waals surface area (Å²) in [5.41, 5.74) is 1.96. The van der Waals surface area contributed by atoms with E-state index in [0.717, 1.165) is 48.3 Å². The van der Waals surface area contributed by atoms with Gasteiger partial charge in [-0.25, -0.2) is 18.4 Å². The molecule has 0 aliphatic heterocycles. The summed E-state index contributed by atoms with van der Waals surface area (Å²) in [6.45, 7) is -0.647. The molecule has 0 saturated carbocycles. The first-order valence-corrected chi connectivity index (χ1v) is 12.4. The van der Waals surface area contributed by atoms with Gasteiger partial charge in [-0.05, 0) is 43.4 Å². The van der Waals surface area contributed by atoms with Gasteiger partial charge in [0.15, 0.2) is 12.4 Å². The first-order chi connectivity index (χ1) is 15.7. The highest BCUT2D eigenvalue weighted by Crippen LogP contribution is 2.39. The second kappa shape index (κ2) is 9.30. The number of primary sulfonamides is 1. The number of ether oxygens (including phenoxy) is 1. The van der Waals surface area contributed by atoms with Crippen molar-refractivity contribution in [2.45, 2.75) is 30.8 Å². The van der Waals surface area contributed by atoms with Crippen LogP contribution in [0.4, 0.5) is 5.00 Å². The molecule has 11 heteroatoms. The van der Waals surface area contributed by atoms with Crippen LogP contribution in [0, 0.1) is 0 Å². The lowest BCUT2D eigenvalue weighted by atomic mass is 9.92. The number of nitrogens with two attached hydrogens (primary N) is 1. The number of benzene rings is 1. The Morgan fingerprint density at radius 2 is 1.79 bits per heavy atom. The molecule has 0 atom stereocenters. The number of amides is 1. The quantitative estimate of drug-likeness (QED) is 0.384. The molecule has 1 amide bonds. The third-order valence-electron chi connectivity index (χ3n) is 5.08. The summed E-state index contributed by atoms with van der Waals surface area (Å²) in [6.07, 6.45) is 3.58. The van der Waals surface area contributed by atoms with Crippen LogP contribution < -0.4 is 10.5 Å². The van der Waals surface area contributed by atoms with E-state index in [1.54, 1.807) is 24.3 Å². The van der Waals surface area contributed by atoms with Crippen molar-refractivity contribution in [2.24, 2.45) is 5.14 Å².